The maximum absolute atomic E-state index is 13.4. The average molecular weight is 309 g/mol. The van der Waals surface area contributed by atoms with Crippen molar-refractivity contribution in [3.05, 3.63) is 53.1 Å². The molecule has 3 rings (SSSR count). The zero-order chi connectivity index (χ0) is 15.0. The molecule has 0 radical (unpaired) electrons. The molecule has 0 saturated carbocycles. The van der Waals surface area contributed by atoms with E-state index in [1.54, 1.807) is 28.8 Å². The first-order chi connectivity index (χ1) is 10.1. The second kappa shape index (κ2) is 5.42. The van der Waals surface area contributed by atoms with Crippen molar-refractivity contribution >= 4 is 22.6 Å². The quantitative estimate of drug-likeness (QED) is 0.802. The van der Waals surface area contributed by atoms with E-state index in [9.17, 15) is 13.9 Å². The van der Waals surface area contributed by atoms with Crippen LogP contribution in [0.4, 0.5) is 8.78 Å². The second-order valence-corrected chi connectivity index (χ2v) is 5.01. The number of aromatic nitrogens is 2. The molecule has 2 aromatic carbocycles. The summed E-state index contributed by atoms with van der Waals surface area (Å²) in [6.45, 7) is 0.0848. The van der Waals surface area contributed by atoms with E-state index in [1.807, 2.05) is 0 Å². The lowest BCUT2D eigenvalue weighted by atomic mass is 10.2. The highest BCUT2D eigenvalue weighted by Crippen LogP contribution is 2.27. The Morgan fingerprint density at radius 3 is 2.62 bits per heavy atom. The van der Waals surface area contributed by atoms with E-state index in [1.165, 1.54) is 0 Å². The molecule has 21 heavy (non-hydrogen) atoms. The number of fused-ring (bicyclic) bond motifs is 1. The van der Waals surface area contributed by atoms with Gasteiger partial charge in [0.15, 0.2) is 11.6 Å². The van der Waals surface area contributed by atoms with Crippen LogP contribution in [0, 0.1) is 11.6 Å². The fourth-order valence-corrected chi connectivity index (χ4v) is 2.48. The molecule has 0 saturated heterocycles. The second-order valence-electron chi connectivity index (χ2n) is 4.58. The number of rotatable bonds is 3. The van der Waals surface area contributed by atoms with Crippen LogP contribution in [0.1, 0.15) is 0 Å². The molecule has 0 unspecified atom stereocenters. The molecule has 1 heterocycles. The van der Waals surface area contributed by atoms with Crippen LogP contribution in [-0.2, 0) is 6.54 Å². The Balaban J connectivity index is 2.28. The van der Waals surface area contributed by atoms with Crippen LogP contribution in [0.2, 0.25) is 5.02 Å². The van der Waals surface area contributed by atoms with Crippen LogP contribution < -0.4 is 0 Å². The van der Waals surface area contributed by atoms with Crippen LogP contribution in [0.25, 0.3) is 22.4 Å². The van der Waals surface area contributed by atoms with Gasteiger partial charge in [0.1, 0.15) is 5.82 Å². The summed E-state index contributed by atoms with van der Waals surface area (Å²) < 4.78 is 28.4. The molecule has 0 aliphatic rings. The van der Waals surface area contributed by atoms with E-state index < -0.39 is 11.6 Å². The van der Waals surface area contributed by atoms with Gasteiger partial charge in [0.05, 0.1) is 17.6 Å². The van der Waals surface area contributed by atoms with Crippen molar-refractivity contribution in [2.75, 3.05) is 6.61 Å². The number of aliphatic hydroxyl groups is 1. The van der Waals surface area contributed by atoms with E-state index in [0.717, 1.165) is 12.1 Å². The Morgan fingerprint density at radius 1 is 1.14 bits per heavy atom. The lowest BCUT2D eigenvalue weighted by Crippen LogP contribution is -2.04. The lowest BCUT2D eigenvalue weighted by molar-refractivity contribution is 0.278. The zero-order valence-corrected chi connectivity index (χ0v) is 11.6. The van der Waals surface area contributed by atoms with Gasteiger partial charge in [-0.2, -0.15) is 0 Å². The predicted octanol–water partition coefficient (Wildman–Crippen LogP) is 3.63. The number of benzene rings is 2. The first-order valence-corrected chi connectivity index (χ1v) is 6.70. The Bertz CT molecular complexity index is 817. The molecule has 0 aliphatic heterocycles. The topological polar surface area (TPSA) is 38.0 Å². The number of hydrogen-bond donors (Lipinski definition) is 1. The zero-order valence-electron chi connectivity index (χ0n) is 10.9. The molecule has 108 valence electrons. The van der Waals surface area contributed by atoms with Crippen LogP contribution in [-0.4, -0.2) is 21.3 Å². The number of hydrogen-bond acceptors (Lipinski definition) is 2. The summed E-state index contributed by atoms with van der Waals surface area (Å²) in [6, 6.07) is 9.13. The van der Waals surface area contributed by atoms with Gasteiger partial charge in [0.2, 0.25) is 0 Å². The Hall–Kier alpha value is -1.98. The summed E-state index contributed by atoms with van der Waals surface area (Å²) in [6.07, 6.45) is 0. The fourth-order valence-electron chi connectivity index (χ4n) is 2.29. The Morgan fingerprint density at radius 2 is 1.90 bits per heavy atom. The molecular formula is C15H11ClF2N2O. The molecule has 3 aromatic rings. The molecule has 0 atom stereocenters. The normalized spacial score (nSPS) is 11.2. The number of halogens is 3. The minimum atomic E-state index is -0.950. The third kappa shape index (κ3) is 2.50. The standard InChI is InChI=1S/C15H11ClF2N2O/c16-10-3-1-2-9(6-10)15-19-13-7-11(17)12(18)8-14(13)20(15)4-5-21/h1-3,6-8,21H,4-5H2. The summed E-state index contributed by atoms with van der Waals surface area (Å²) in [7, 11) is 0. The van der Waals surface area contributed by atoms with E-state index >= 15 is 0 Å². The number of aliphatic hydroxyl groups excluding tert-OH is 1. The maximum Gasteiger partial charge on any atom is 0.161 e. The minimum Gasteiger partial charge on any atom is -0.395 e. The van der Waals surface area contributed by atoms with Gasteiger partial charge >= 0.3 is 0 Å². The lowest BCUT2D eigenvalue weighted by Gasteiger charge is -2.07. The third-order valence-electron chi connectivity index (χ3n) is 3.20. The highest BCUT2D eigenvalue weighted by molar-refractivity contribution is 6.30. The molecular weight excluding hydrogens is 298 g/mol. The molecule has 1 aromatic heterocycles. The Kier molecular flexibility index (Phi) is 3.61. The molecule has 1 N–H and O–H groups in total. The van der Waals surface area contributed by atoms with Gasteiger partial charge in [-0.1, -0.05) is 23.7 Å². The SMILES string of the molecule is OCCn1c(-c2cccc(Cl)c2)nc2cc(F)c(F)cc21. The van der Waals surface area contributed by atoms with E-state index in [4.69, 9.17) is 11.6 Å². The molecule has 0 fully saturated rings. The molecule has 0 bridgehead atoms. The van der Waals surface area contributed by atoms with Gasteiger partial charge < -0.3 is 9.67 Å². The van der Waals surface area contributed by atoms with Gasteiger partial charge in [0.25, 0.3) is 0 Å². The first kappa shape index (κ1) is 14.0. The van der Waals surface area contributed by atoms with E-state index in [2.05, 4.69) is 4.98 Å². The molecule has 6 heteroatoms. The van der Waals surface area contributed by atoms with Crippen molar-refractivity contribution in [3.63, 3.8) is 0 Å². The molecule has 3 nitrogen and oxygen atoms in total. The van der Waals surface area contributed by atoms with Crippen molar-refractivity contribution < 1.29 is 13.9 Å². The number of nitrogens with zero attached hydrogens (tertiary/aromatic N) is 2. The summed E-state index contributed by atoms with van der Waals surface area (Å²) in [5.74, 6) is -1.39. The maximum atomic E-state index is 13.4. The fraction of sp³-hybridized carbons (Fsp3) is 0.133. The average Bonchev–Trinajstić information content (AvgIpc) is 2.78. The highest BCUT2D eigenvalue weighted by atomic mass is 35.5. The van der Waals surface area contributed by atoms with Crippen molar-refractivity contribution in [2.24, 2.45) is 0 Å². The van der Waals surface area contributed by atoms with Gasteiger partial charge in [-0.3, -0.25) is 0 Å². The van der Waals surface area contributed by atoms with E-state index in [-0.39, 0.29) is 13.2 Å². The third-order valence-corrected chi connectivity index (χ3v) is 3.43. The van der Waals surface area contributed by atoms with Crippen molar-refractivity contribution in [2.45, 2.75) is 6.54 Å². The summed E-state index contributed by atoms with van der Waals surface area (Å²) in [4.78, 5) is 4.33. The van der Waals surface area contributed by atoms with Crippen LogP contribution in [0.5, 0.6) is 0 Å². The molecule has 0 amide bonds. The van der Waals surface area contributed by atoms with Gasteiger partial charge in [-0.05, 0) is 12.1 Å². The van der Waals surface area contributed by atoms with Crippen molar-refractivity contribution in [1.29, 1.82) is 0 Å². The van der Waals surface area contributed by atoms with Gasteiger partial charge in [0, 0.05) is 29.3 Å². The first-order valence-electron chi connectivity index (χ1n) is 6.32. The van der Waals surface area contributed by atoms with Crippen molar-refractivity contribution in [1.82, 2.24) is 9.55 Å². The largest absolute Gasteiger partial charge is 0.395 e. The van der Waals surface area contributed by atoms with Crippen LogP contribution in [0.15, 0.2) is 36.4 Å². The molecule has 0 aliphatic carbocycles. The van der Waals surface area contributed by atoms with Gasteiger partial charge in [-0.25, -0.2) is 13.8 Å². The smallest absolute Gasteiger partial charge is 0.161 e. The number of imidazole rings is 1. The summed E-state index contributed by atoms with van der Waals surface area (Å²) in [5, 5.41) is 9.74. The monoisotopic (exact) mass is 308 g/mol. The van der Waals surface area contributed by atoms with E-state index in [0.29, 0.717) is 27.4 Å². The predicted molar refractivity (Wildman–Crippen MR) is 77.2 cm³/mol. The van der Waals surface area contributed by atoms with Crippen LogP contribution in [0.3, 0.4) is 0 Å². The van der Waals surface area contributed by atoms with Crippen molar-refractivity contribution in [3.8, 4) is 11.4 Å². The highest BCUT2D eigenvalue weighted by Gasteiger charge is 2.15. The van der Waals surface area contributed by atoms with Crippen LogP contribution >= 0.6 is 11.6 Å². The molecule has 0 spiro atoms. The minimum absolute atomic E-state index is 0.141. The summed E-state index contributed by atoms with van der Waals surface area (Å²) >= 11 is 5.97. The summed E-state index contributed by atoms with van der Waals surface area (Å²) in [5.41, 5.74) is 1.48. The van der Waals surface area contributed by atoms with Gasteiger partial charge in [-0.15, -0.1) is 0 Å². The Labute approximate surface area is 124 Å².